The van der Waals surface area contributed by atoms with Gasteiger partial charge in [-0.1, -0.05) is 22.6 Å². The first kappa shape index (κ1) is 14.4. The number of anilines is 1. The standard InChI is InChI=1S/C12H11F3INO2/c1-2-19-11(18)10-9(16)7-5-6(12(13,14)15)3-4-8(7)17-10/h3-5,9-10,17H,2H2,1H3. The maximum absolute atomic E-state index is 12.6. The fourth-order valence-corrected chi connectivity index (χ4v) is 2.92. The Morgan fingerprint density at radius 1 is 1.47 bits per heavy atom. The SMILES string of the molecule is CCOC(=O)C1Nc2ccc(C(F)(F)F)cc2C1I. The van der Waals surface area contributed by atoms with Gasteiger partial charge in [0.2, 0.25) is 0 Å². The fourth-order valence-electron chi connectivity index (χ4n) is 1.93. The summed E-state index contributed by atoms with van der Waals surface area (Å²) in [5.41, 5.74) is 0.318. The van der Waals surface area contributed by atoms with Gasteiger partial charge in [0, 0.05) is 5.69 Å². The van der Waals surface area contributed by atoms with Crippen molar-refractivity contribution in [2.24, 2.45) is 0 Å². The molecule has 104 valence electrons. The van der Waals surface area contributed by atoms with Gasteiger partial charge in [-0.2, -0.15) is 13.2 Å². The Labute approximate surface area is 121 Å². The number of halogens is 4. The monoisotopic (exact) mass is 385 g/mol. The zero-order chi connectivity index (χ0) is 14.2. The molecule has 1 aliphatic rings. The van der Waals surface area contributed by atoms with Gasteiger partial charge in [-0.15, -0.1) is 0 Å². The zero-order valence-corrected chi connectivity index (χ0v) is 12.1. The van der Waals surface area contributed by atoms with Crippen LogP contribution in [0.5, 0.6) is 0 Å². The van der Waals surface area contributed by atoms with E-state index in [2.05, 4.69) is 5.32 Å². The summed E-state index contributed by atoms with van der Waals surface area (Å²) in [6.45, 7) is 1.93. The van der Waals surface area contributed by atoms with Crippen LogP contribution in [0.25, 0.3) is 0 Å². The summed E-state index contributed by atoms with van der Waals surface area (Å²) in [6.07, 6.45) is -4.38. The van der Waals surface area contributed by atoms with Crippen LogP contribution in [-0.4, -0.2) is 18.6 Å². The first-order chi connectivity index (χ1) is 8.84. The predicted octanol–water partition coefficient (Wildman–Crippen LogP) is 3.54. The van der Waals surface area contributed by atoms with E-state index in [0.717, 1.165) is 12.1 Å². The Hall–Kier alpha value is -0.990. The highest BCUT2D eigenvalue weighted by molar-refractivity contribution is 14.1. The number of benzene rings is 1. The number of alkyl halides is 4. The van der Waals surface area contributed by atoms with Gasteiger partial charge in [0.15, 0.2) is 0 Å². The van der Waals surface area contributed by atoms with E-state index >= 15 is 0 Å². The molecule has 2 rings (SSSR count). The molecule has 0 fully saturated rings. The van der Waals surface area contributed by atoms with Gasteiger partial charge in [0.1, 0.15) is 6.04 Å². The van der Waals surface area contributed by atoms with Gasteiger partial charge in [-0.3, -0.25) is 0 Å². The van der Waals surface area contributed by atoms with Crippen LogP contribution in [0.2, 0.25) is 0 Å². The van der Waals surface area contributed by atoms with Crippen LogP contribution in [0, 0.1) is 0 Å². The molecule has 0 saturated carbocycles. The van der Waals surface area contributed by atoms with Gasteiger partial charge in [0.25, 0.3) is 0 Å². The molecule has 0 radical (unpaired) electrons. The molecule has 0 bridgehead atoms. The normalized spacial score (nSPS) is 21.7. The molecule has 0 amide bonds. The highest BCUT2D eigenvalue weighted by Gasteiger charge is 2.39. The number of carbonyl (C=O) groups excluding carboxylic acids is 1. The number of hydrogen-bond donors (Lipinski definition) is 1. The Bertz CT molecular complexity index is 504. The van der Waals surface area contributed by atoms with Crippen molar-refractivity contribution in [2.75, 3.05) is 11.9 Å². The molecule has 7 heteroatoms. The van der Waals surface area contributed by atoms with Crippen molar-refractivity contribution in [2.45, 2.75) is 23.1 Å². The maximum Gasteiger partial charge on any atom is 0.416 e. The van der Waals surface area contributed by atoms with Crippen LogP contribution < -0.4 is 5.32 Å². The molecule has 0 spiro atoms. The van der Waals surface area contributed by atoms with Crippen molar-refractivity contribution in [1.29, 1.82) is 0 Å². The molecule has 0 saturated heterocycles. The van der Waals surface area contributed by atoms with E-state index < -0.39 is 23.8 Å². The fraction of sp³-hybridized carbons (Fsp3) is 0.417. The van der Waals surface area contributed by atoms with E-state index in [9.17, 15) is 18.0 Å². The lowest BCUT2D eigenvalue weighted by atomic mass is 10.1. The van der Waals surface area contributed by atoms with Crippen LogP contribution in [0.15, 0.2) is 18.2 Å². The minimum Gasteiger partial charge on any atom is -0.464 e. The smallest absolute Gasteiger partial charge is 0.416 e. The lowest BCUT2D eigenvalue weighted by Crippen LogP contribution is -2.30. The van der Waals surface area contributed by atoms with Crippen molar-refractivity contribution >= 4 is 34.2 Å². The lowest BCUT2D eigenvalue weighted by molar-refractivity contribution is -0.143. The quantitative estimate of drug-likeness (QED) is 0.481. The molecular weight excluding hydrogens is 374 g/mol. The van der Waals surface area contributed by atoms with E-state index in [4.69, 9.17) is 4.74 Å². The molecule has 1 aromatic rings. The average Bonchev–Trinajstić information content (AvgIpc) is 2.66. The van der Waals surface area contributed by atoms with Crippen LogP contribution in [0.3, 0.4) is 0 Å². The Morgan fingerprint density at radius 2 is 2.16 bits per heavy atom. The molecule has 2 unspecified atom stereocenters. The summed E-state index contributed by atoms with van der Waals surface area (Å²) >= 11 is 1.95. The predicted molar refractivity (Wildman–Crippen MR) is 72.2 cm³/mol. The third-order valence-corrected chi connectivity index (χ3v) is 4.21. The van der Waals surface area contributed by atoms with Crippen molar-refractivity contribution in [3.63, 3.8) is 0 Å². The number of fused-ring (bicyclic) bond motifs is 1. The van der Waals surface area contributed by atoms with Crippen molar-refractivity contribution in [1.82, 2.24) is 0 Å². The molecule has 0 aromatic heterocycles. The highest BCUT2D eigenvalue weighted by atomic mass is 127. The van der Waals surface area contributed by atoms with E-state index in [0.29, 0.717) is 11.3 Å². The number of hydrogen-bond acceptors (Lipinski definition) is 3. The number of ether oxygens (including phenoxy) is 1. The molecule has 1 N–H and O–H groups in total. The molecular formula is C12H11F3INO2. The summed E-state index contributed by atoms with van der Waals surface area (Å²) in [6, 6.07) is 2.80. The van der Waals surface area contributed by atoms with E-state index in [1.165, 1.54) is 6.07 Å². The summed E-state index contributed by atoms with van der Waals surface area (Å²) in [5.74, 6) is -0.452. The van der Waals surface area contributed by atoms with Crippen molar-refractivity contribution in [3.05, 3.63) is 29.3 Å². The zero-order valence-electron chi connectivity index (χ0n) is 9.92. The Morgan fingerprint density at radius 3 is 2.74 bits per heavy atom. The third-order valence-electron chi connectivity index (χ3n) is 2.82. The van der Waals surface area contributed by atoms with Gasteiger partial charge in [-0.25, -0.2) is 4.79 Å². The van der Waals surface area contributed by atoms with Crippen LogP contribution >= 0.6 is 22.6 Å². The average molecular weight is 385 g/mol. The number of rotatable bonds is 2. The summed E-state index contributed by atoms with van der Waals surface area (Å²) in [4.78, 5) is 11.7. The minimum atomic E-state index is -4.38. The molecule has 0 aliphatic carbocycles. The van der Waals surface area contributed by atoms with Gasteiger partial charge >= 0.3 is 12.1 Å². The largest absolute Gasteiger partial charge is 0.464 e. The van der Waals surface area contributed by atoms with Gasteiger partial charge < -0.3 is 10.1 Å². The number of nitrogens with one attached hydrogen (secondary N) is 1. The summed E-state index contributed by atoms with van der Waals surface area (Å²) in [7, 11) is 0. The maximum atomic E-state index is 12.6. The van der Waals surface area contributed by atoms with Gasteiger partial charge in [-0.05, 0) is 30.7 Å². The highest BCUT2D eigenvalue weighted by Crippen LogP contribution is 2.43. The summed E-state index contributed by atoms with van der Waals surface area (Å²) < 4.78 is 42.5. The molecule has 2 atom stereocenters. The number of esters is 1. The first-order valence-corrected chi connectivity index (χ1v) is 6.87. The second kappa shape index (κ2) is 5.18. The third kappa shape index (κ3) is 2.80. The minimum absolute atomic E-state index is 0.241. The van der Waals surface area contributed by atoms with E-state index in [1.54, 1.807) is 6.92 Å². The Kier molecular flexibility index (Phi) is 3.93. The number of carbonyl (C=O) groups is 1. The van der Waals surface area contributed by atoms with Crippen molar-refractivity contribution in [3.8, 4) is 0 Å². The molecule has 1 aliphatic heterocycles. The molecule has 19 heavy (non-hydrogen) atoms. The molecule has 1 heterocycles. The second-order valence-corrected chi connectivity index (χ2v) is 5.42. The van der Waals surface area contributed by atoms with Crippen molar-refractivity contribution < 1.29 is 22.7 Å². The molecule has 3 nitrogen and oxygen atoms in total. The topological polar surface area (TPSA) is 38.3 Å². The summed E-state index contributed by atoms with van der Waals surface area (Å²) in [5, 5.41) is 2.90. The first-order valence-electron chi connectivity index (χ1n) is 5.63. The van der Waals surface area contributed by atoms with E-state index in [1.807, 2.05) is 22.6 Å². The van der Waals surface area contributed by atoms with Crippen LogP contribution in [0.4, 0.5) is 18.9 Å². The molecule has 1 aromatic carbocycles. The van der Waals surface area contributed by atoms with Crippen LogP contribution in [0.1, 0.15) is 22.0 Å². The lowest BCUT2D eigenvalue weighted by Gasteiger charge is -2.13. The van der Waals surface area contributed by atoms with Crippen LogP contribution in [-0.2, 0) is 15.7 Å². The van der Waals surface area contributed by atoms with E-state index in [-0.39, 0.29) is 10.5 Å². The van der Waals surface area contributed by atoms with Gasteiger partial charge in [0.05, 0.1) is 16.1 Å². The Balaban J connectivity index is 2.29. The second-order valence-electron chi connectivity index (χ2n) is 4.08.